The molecule has 1 amide bonds. The number of halogens is 1. The van der Waals surface area contributed by atoms with Gasteiger partial charge in [-0.15, -0.1) is 0 Å². The van der Waals surface area contributed by atoms with E-state index in [1.807, 2.05) is 0 Å². The highest BCUT2D eigenvalue weighted by Gasteiger charge is 2.06. The van der Waals surface area contributed by atoms with E-state index in [1.165, 1.54) is 0 Å². The molecule has 0 aliphatic heterocycles. The summed E-state index contributed by atoms with van der Waals surface area (Å²) in [7, 11) is -3.00. The van der Waals surface area contributed by atoms with E-state index in [0.717, 1.165) is 10.7 Å². The Labute approximate surface area is 109 Å². The van der Waals surface area contributed by atoms with Gasteiger partial charge in [-0.25, -0.2) is 13.4 Å². The van der Waals surface area contributed by atoms with Gasteiger partial charge < -0.3 is 5.32 Å². The van der Waals surface area contributed by atoms with Crippen molar-refractivity contribution in [1.29, 1.82) is 0 Å². The maximum Gasteiger partial charge on any atom is 0.225 e. The van der Waals surface area contributed by atoms with Gasteiger partial charge in [0.2, 0.25) is 5.91 Å². The zero-order valence-electron chi connectivity index (χ0n) is 9.31. The standard InChI is InChI=1S/C10H13BrN2O3S/c1-17(15,16)6-2-3-10(14)13-9-5-4-8(11)7-12-9/h4-5,7H,2-3,6H2,1H3,(H,12,13,14). The molecule has 0 saturated heterocycles. The summed E-state index contributed by atoms with van der Waals surface area (Å²) in [5.41, 5.74) is 0. The van der Waals surface area contributed by atoms with Gasteiger partial charge >= 0.3 is 0 Å². The van der Waals surface area contributed by atoms with Crippen LogP contribution in [0.1, 0.15) is 12.8 Å². The summed E-state index contributed by atoms with van der Waals surface area (Å²) < 4.78 is 22.5. The van der Waals surface area contributed by atoms with Crippen molar-refractivity contribution in [2.75, 3.05) is 17.3 Å². The molecule has 0 spiro atoms. The van der Waals surface area contributed by atoms with Gasteiger partial charge in [0.05, 0.1) is 5.75 Å². The number of sulfone groups is 1. The molecule has 5 nitrogen and oxygen atoms in total. The number of nitrogens with zero attached hydrogens (tertiary/aromatic N) is 1. The van der Waals surface area contributed by atoms with Crippen LogP contribution in [-0.2, 0) is 14.6 Å². The van der Waals surface area contributed by atoms with Gasteiger partial charge in [-0.1, -0.05) is 0 Å². The average Bonchev–Trinajstić information content (AvgIpc) is 2.19. The molecule has 0 saturated carbocycles. The summed E-state index contributed by atoms with van der Waals surface area (Å²) in [6.45, 7) is 0. The second kappa shape index (κ2) is 6.11. The lowest BCUT2D eigenvalue weighted by Gasteiger charge is -2.03. The van der Waals surface area contributed by atoms with E-state index in [2.05, 4.69) is 26.2 Å². The highest BCUT2D eigenvalue weighted by atomic mass is 79.9. The highest BCUT2D eigenvalue weighted by Crippen LogP contribution is 2.10. The third-order valence-corrected chi connectivity index (χ3v) is 3.41. The molecule has 0 aliphatic carbocycles. The third-order valence-electron chi connectivity index (χ3n) is 1.91. The molecule has 1 N–H and O–H groups in total. The molecule has 0 radical (unpaired) electrons. The Morgan fingerprint density at radius 2 is 2.18 bits per heavy atom. The summed E-state index contributed by atoms with van der Waals surface area (Å²) >= 11 is 3.23. The first-order valence-corrected chi connectivity index (χ1v) is 7.81. The minimum atomic E-state index is -3.00. The van der Waals surface area contributed by atoms with E-state index in [1.54, 1.807) is 18.3 Å². The molecular formula is C10H13BrN2O3S. The first kappa shape index (κ1) is 14.1. The normalized spacial score (nSPS) is 11.2. The maximum absolute atomic E-state index is 11.4. The quantitative estimate of drug-likeness (QED) is 0.894. The van der Waals surface area contributed by atoms with Gasteiger partial charge in [-0.2, -0.15) is 0 Å². The molecule has 0 unspecified atom stereocenters. The number of hydrogen-bond donors (Lipinski definition) is 1. The van der Waals surface area contributed by atoms with Gasteiger partial charge in [0.25, 0.3) is 0 Å². The van der Waals surface area contributed by atoms with E-state index in [-0.39, 0.29) is 18.1 Å². The predicted molar refractivity (Wildman–Crippen MR) is 69.5 cm³/mol. The van der Waals surface area contributed by atoms with Crippen LogP contribution in [0.5, 0.6) is 0 Å². The summed E-state index contributed by atoms with van der Waals surface area (Å²) in [6, 6.07) is 3.43. The van der Waals surface area contributed by atoms with E-state index < -0.39 is 9.84 Å². The Kier molecular flexibility index (Phi) is 5.07. The predicted octanol–water partition coefficient (Wildman–Crippen LogP) is 1.61. The Balaban J connectivity index is 2.37. The van der Waals surface area contributed by atoms with Gasteiger partial charge in [-0.3, -0.25) is 4.79 Å². The van der Waals surface area contributed by atoms with E-state index in [0.29, 0.717) is 12.2 Å². The first-order chi connectivity index (χ1) is 7.87. The number of amides is 1. The summed E-state index contributed by atoms with van der Waals surface area (Å²) in [5.74, 6) is 0.245. The van der Waals surface area contributed by atoms with Crippen LogP contribution in [0.25, 0.3) is 0 Å². The first-order valence-electron chi connectivity index (χ1n) is 4.96. The molecule has 1 rings (SSSR count). The van der Waals surface area contributed by atoms with Crippen LogP contribution in [0.4, 0.5) is 5.82 Å². The summed E-state index contributed by atoms with van der Waals surface area (Å²) in [4.78, 5) is 15.4. The lowest BCUT2D eigenvalue weighted by Crippen LogP contribution is -2.14. The lowest BCUT2D eigenvalue weighted by atomic mass is 10.3. The van der Waals surface area contributed by atoms with Gasteiger partial charge in [-0.05, 0) is 34.5 Å². The van der Waals surface area contributed by atoms with Gasteiger partial charge in [0.1, 0.15) is 15.7 Å². The van der Waals surface area contributed by atoms with Crippen molar-refractivity contribution in [3.05, 3.63) is 22.8 Å². The largest absolute Gasteiger partial charge is 0.311 e. The SMILES string of the molecule is CS(=O)(=O)CCCC(=O)Nc1ccc(Br)cn1. The van der Waals surface area contributed by atoms with Crippen LogP contribution in [0.2, 0.25) is 0 Å². The number of nitrogens with one attached hydrogen (secondary N) is 1. The monoisotopic (exact) mass is 320 g/mol. The Bertz CT molecular complexity index is 485. The molecule has 94 valence electrons. The Morgan fingerprint density at radius 3 is 2.71 bits per heavy atom. The fourth-order valence-electron chi connectivity index (χ4n) is 1.15. The molecule has 0 aliphatic rings. The zero-order chi connectivity index (χ0) is 12.9. The van der Waals surface area contributed by atoms with Gasteiger partial charge in [0, 0.05) is 23.3 Å². The second-order valence-corrected chi connectivity index (χ2v) is 6.82. The van der Waals surface area contributed by atoms with E-state index in [4.69, 9.17) is 0 Å². The maximum atomic E-state index is 11.4. The number of carbonyl (C=O) groups is 1. The Morgan fingerprint density at radius 1 is 1.47 bits per heavy atom. The van der Waals surface area contributed by atoms with Gasteiger partial charge in [0.15, 0.2) is 0 Å². The average molecular weight is 321 g/mol. The van der Waals surface area contributed by atoms with Crippen molar-refractivity contribution in [1.82, 2.24) is 4.98 Å². The number of pyridine rings is 1. The number of anilines is 1. The zero-order valence-corrected chi connectivity index (χ0v) is 11.7. The van der Waals surface area contributed by atoms with E-state index in [9.17, 15) is 13.2 Å². The van der Waals surface area contributed by atoms with Crippen LogP contribution >= 0.6 is 15.9 Å². The molecule has 0 aromatic carbocycles. The van der Waals surface area contributed by atoms with Crippen molar-refractivity contribution in [3.8, 4) is 0 Å². The molecular weight excluding hydrogens is 308 g/mol. The van der Waals surface area contributed by atoms with Crippen molar-refractivity contribution >= 4 is 37.5 Å². The molecule has 1 heterocycles. The van der Waals surface area contributed by atoms with Crippen LogP contribution in [0.3, 0.4) is 0 Å². The number of aromatic nitrogens is 1. The number of rotatable bonds is 5. The van der Waals surface area contributed by atoms with Crippen LogP contribution in [0, 0.1) is 0 Å². The lowest BCUT2D eigenvalue weighted by molar-refractivity contribution is -0.116. The third kappa shape index (κ3) is 6.38. The van der Waals surface area contributed by atoms with Crippen LogP contribution < -0.4 is 5.32 Å². The number of hydrogen-bond acceptors (Lipinski definition) is 4. The van der Waals surface area contributed by atoms with Crippen molar-refractivity contribution in [3.63, 3.8) is 0 Å². The van der Waals surface area contributed by atoms with Crippen molar-refractivity contribution in [2.24, 2.45) is 0 Å². The molecule has 1 aromatic rings. The molecule has 17 heavy (non-hydrogen) atoms. The molecule has 0 fully saturated rings. The smallest absolute Gasteiger partial charge is 0.225 e. The second-order valence-electron chi connectivity index (χ2n) is 3.64. The summed E-state index contributed by atoms with van der Waals surface area (Å²) in [5, 5.41) is 2.59. The molecule has 0 atom stereocenters. The van der Waals surface area contributed by atoms with Crippen LogP contribution in [0.15, 0.2) is 22.8 Å². The molecule has 1 aromatic heterocycles. The van der Waals surface area contributed by atoms with E-state index >= 15 is 0 Å². The Hall–Kier alpha value is -0.950. The number of carbonyl (C=O) groups excluding carboxylic acids is 1. The topological polar surface area (TPSA) is 76.1 Å². The molecule has 0 bridgehead atoms. The summed E-state index contributed by atoms with van der Waals surface area (Å²) in [6.07, 6.45) is 3.22. The minimum absolute atomic E-state index is 0.0220. The molecule has 7 heteroatoms. The fraction of sp³-hybridized carbons (Fsp3) is 0.400. The van der Waals surface area contributed by atoms with Crippen molar-refractivity contribution in [2.45, 2.75) is 12.8 Å². The van der Waals surface area contributed by atoms with Crippen LogP contribution in [-0.4, -0.2) is 31.3 Å². The highest BCUT2D eigenvalue weighted by molar-refractivity contribution is 9.10. The van der Waals surface area contributed by atoms with Crippen molar-refractivity contribution < 1.29 is 13.2 Å². The minimum Gasteiger partial charge on any atom is -0.311 e. The fourth-order valence-corrected chi connectivity index (χ4v) is 2.05.